The van der Waals surface area contributed by atoms with Gasteiger partial charge in [-0.1, -0.05) is 142 Å². The fourth-order valence-electron chi connectivity index (χ4n) is 6.54. The highest BCUT2D eigenvalue weighted by Gasteiger charge is 2.22. The molecule has 0 aliphatic heterocycles. The maximum atomic E-state index is 14.7. The van der Waals surface area contributed by atoms with E-state index >= 15 is 0 Å². The second-order valence-corrected chi connectivity index (χ2v) is 13.1. The number of hydrogen-bond donors (Lipinski definition) is 0. The second-order valence-electron chi connectivity index (χ2n) is 13.1. The Morgan fingerprint density at radius 1 is 0.659 bits per heavy atom. The van der Waals surface area contributed by atoms with Crippen LogP contribution in [0.2, 0.25) is 0 Å². The number of hydrogen-bond acceptors (Lipinski definition) is 3. The van der Waals surface area contributed by atoms with Gasteiger partial charge in [0.2, 0.25) is 5.82 Å². The topological polar surface area (TPSA) is 35.5 Å². The lowest BCUT2D eigenvalue weighted by atomic mass is 9.78. The molecule has 0 spiro atoms. The Kier molecular flexibility index (Phi) is 17.5. The molecule has 246 valence electrons. The van der Waals surface area contributed by atoms with Gasteiger partial charge in [-0.15, -0.1) is 0 Å². The smallest absolute Gasteiger partial charge is 0.346 e. The lowest BCUT2D eigenvalue weighted by Crippen LogP contribution is -2.14. The zero-order chi connectivity index (χ0) is 31.4. The number of carbonyl (C=O) groups excluding carboxylic acids is 1. The zero-order valence-electron chi connectivity index (χ0n) is 27.7. The normalized spacial score (nSPS) is 16.6. The fraction of sp³-hybridized carbons (Fsp3) is 0.667. The van der Waals surface area contributed by atoms with Gasteiger partial charge in [0.15, 0.2) is 11.6 Å². The molecule has 0 heterocycles. The van der Waals surface area contributed by atoms with Gasteiger partial charge in [0.25, 0.3) is 0 Å². The summed E-state index contributed by atoms with van der Waals surface area (Å²) in [4.78, 5) is 12.6. The standard InChI is InChI=1S/C39H58F2O3/c1-3-5-7-8-9-10-11-12-16-30-43-36-29-28-35(37(40)38(36)41)39(42)44-34-26-24-33(25-27-34)19-15-14-18-32-22-20-31(21-23-32)17-13-6-4-2/h24-29,31-32H,3-23,30H2,1-2H3/t31-,32-. The SMILES string of the molecule is CCCCCCCCCCCOc1ccc(C(=O)Oc2ccc(CCCC[C@H]3CC[C@H](CCCCC)CC3)cc2)c(F)c1F. The van der Waals surface area contributed by atoms with E-state index in [9.17, 15) is 13.6 Å². The first-order chi connectivity index (χ1) is 21.5. The number of halogens is 2. The summed E-state index contributed by atoms with van der Waals surface area (Å²) in [5, 5.41) is 0. The molecule has 0 saturated heterocycles. The molecule has 5 heteroatoms. The van der Waals surface area contributed by atoms with Crippen LogP contribution >= 0.6 is 0 Å². The summed E-state index contributed by atoms with van der Waals surface area (Å²) in [7, 11) is 0. The van der Waals surface area contributed by atoms with Gasteiger partial charge in [-0.2, -0.15) is 4.39 Å². The van der Waals surface area contributed by atoms with E-state index < -0.39 is 23.2 Å². The van der Waals surface area contributed by atoms with Crippen LogP contribution in [0.3, 0.4) is 0 Å². The van der Waals surface area contributed by atoms with Crippen molar-refractivity contribution in [2.45, 2.75) is 149 Å². The molecule has 0 radical (unpaired) electrons. The Bertz CT molecular complexity index is 1060. The minimum absolute atomic E-state index is 0.168. The summed E-state index contributed by atoms with van der Waals surface area (Å²) in [6, 6.07) is 9.90. The van der Waals surface area contributed by atoms with E-state index in [2.05, 4.69) is 13.8 Å². The number of aryl methyl sites for hydroxylation is 1. The van der Waals surface area contributed by atoms with Crippen LogP contribution < -0.4 is 9.47 Å². The van der Waals surface area contributed by atoms with Gasteiger partial charge in [-0.25, -0.2) is 9.18 Å². The Hall–Kier alpha value is -2.43. The van der Waals surface area contributed by atoms with Gasteiger partial charge >= 0.3 is 5.97 Å². The Morgan fingerprint density at radius 2 is 1.20 bits per heavy atom. The summed E-state index contributed by atoms with van der Waals surface area (Å²) in [5.41, 5.74) is 0.757. The van der Waals surface area contributed by atoms with E-state index in [1.54, 1.807) is 12.1 Å². The molecule has 0 unspecified atom stereocenters. The van der Waals surface area contributed by atoms with E-state index in [0.717, 1.165) is 43.9 Å². The van der Waals surface area contributed by atoms with Crippen LogP contribution in [-0.4, -0.2) is 12.6 Å². The predicted octanol–water partition coefficient (Wildman–Crippen LogP) is 12.2. The average Bonchev–Trinajstić information content (AvgIpc) is 3.03. The van der Waals surface area contributed by atoms with Crippen molar-refractivity contribution >= 4 is 5.97 Å². The van der Waals surface area contributed by atoms with Gasteiger partial charge < -0.3 is 9.47 Å². The molecule has 0 N–H and O–H groups in total. The third-order valence-electron chi connectivity index (χ3n) is 9.42. The van der Waals surface area contributed by atoms with Crippen molar-refractivity contribution in [3.63, 3.8) is 0 Å². The van der Waals surface area contributed by atoms with Gasteiger partial charge in [-0.3, -0.25) is 0 Å². The zero-order valence-corrected chi connectivity index (χ0v) is 27.7. The van der Waals surface area contributed by atoms with Crippen LogP contribution in [0.5, 0.6) is 11.5 Å². The first-order valence-electron chi connectivity index (χ1n) is 17.9. The van der Waals surface area contributed by atoms with Gasteiger partial charge in [-0.05, 0) is 60.9 Å². The Morgan fingerprint density at radius 3 is 1.82 bits per heavy atom. The van der Waals surface area contributed by atoms with E-state index in [1.165, 1.54) is 120 Å². The van der Waals surface area contributed by atoms with Crippen LogP contribution in [-0.2, 0) is 6.42 Å². The molecule has 1 fully saturated rings. The van der Waals surface area contributed by atoms with Gasteiger partial charge in [0.1, 0.15) is 5.75 Å². The molecule has 1 aliphatic rings. The molecule has 0 amide bonds. The van der Waals surface area contributed by atoms with Crippen LogP contribution in [0.1, 0.15) is 158 Å². The van der Waals surface area contributed by atoms with E-state index in [-0.39, 0.29) is 5.75 Å². The van der Waals surface area contributed by atoms with Crippen molar-refractivity contribution in [3.8, 4) is 11.5 Å². The molecule has 2 aromatic rings. The molecule has 1 saturated carbocycles. The minimum Gasteiger partial charge on any atom is -0.490 e. The molecule has 1 aliphatic carbocycles. The Labute approximate surface area is 266 Å². The van der Waals surface area contributed by atoms with Crippen molar-refractivity contribution in [2.75, 3.05) is 6.61 Å². The molecule has 2 aromatic carbocycles. The van der Waals surface area contributed by atoms with Crippen molar-refractivity contribution in [3.05, 3.63) is 59.2 Å². The van der Waals surface area contributed by atoms with Crippen LogP contribution in [0, 0.1) is 23.5 Å². The number of carbonyl (C=O) groups is 1. The first-order valence-corrected chi connectivity index (χ1v) is 17.9. The molecule has 0 atom stereocenters. The molecule has 0 aromatic heterocycles. The van der Waals surface area contributed by atoms with Gasteiger partial charge in [0.05, 0.1) is 12.2 Å². The van der Waals surface area contributed by atoms with Gasteiger partial charge in [0, 0.05) is 0 Å². The summed E-state index contributed by atoms with van der Waals surface area (Å²) >= 11 is 0. The molecule has 44 heavy (non-hydrogen) atoms. The maximum absolute atomic E-state index is 14.7. The molecular formula is C39H58F2O3. The fourth-order valence-corrected chi connectivity index (χ4v) is 6.54. The minimum atomic E-state index is -1.24. The molecule has 0 bridgehead atoms. The lowest BCUT2D eigenvalue weighted by Gasteiger charge is -2.28. The first kappa shape index (κ1) is 36.0. The molecule has 3 nitrogen and oxygen atoms in total. The number of ether oxygens (including phenoxy) is 2. The lowest BCUT2D eigenvalue weighted by molar-refractivity contribution is 0.0728. The van der Waals surface area contributed by atoms with E-state index in [0.29, 0.717) is 12.4 Å². The number of benzene rings is 2. The van der Waals surface area contributed by atoms with Crippen molar-refractivity contribution in [2.24, 2.45) is 11.8 Å². The molecule has 3 rings (SSSR count). The van der Waals surface area contributed by atoms with Crippen molar-refractivity contribution < 1.29 is 23.0 Å². The quantitative estimate of drug-likeness (QED) is 0.0754. The monoisotopic (exact) mass is 612 g/mol. The molecular weight excluding hydrogens is 554 g/mol. The van der Waals surface area contributed by atoms with Crippen molar-refractivity contribution in [1.82, 2.24) is 0 Å². The average molecular weight is 613 g/mol. The summed E-state index contributed by atoms with van der Waals surface area (Å²) in [6.45, 7) is 4.82. The van der Waals surface area contributed by atoms with Crippen LogP contribution in [0.15, 0.2) is 36.4 Å². The third-order valence-corrected chi connectivity index (χ3v) is 9.42. The summed E-state index contributed by atoms with van der Waals surface area (Å²) < 4.78 is 40.2. The van der Waals surface area contributed by atoms with E-state index in [1.807, 2.05) is 12.1 Å². The highest BCUT2D eigenvalue weighted by Crippen LogP contribution is 2.34. The highest BCUT2D eigenvalue weighted by atomic mass is 19.2. The third kappa shape index (κ3) is 13.3. The number of rotatable bonds is 22. The van der Waals surface area contributed by atoms with Crippen molar-refractivity contribution in [1.29, 1.82) is 0 Å². The summed E-state index contributed by atoms with van der Waals surface area (Å²) in [5.74, 6) is -1.29. The largest absolute Gasteiger partial charge is 0.490 e. The second kappa shape index (κ2) is 21.3. The predicted molar refractivity (Wildman–Crippen MR) is 178 cm³/mol. The number of esters is 1. The highest BCUT2D eigenvalue weighted by molar-refractivity contribution is 5.91. The Balaban J connectivity index is 1.32. The summed E-state index contributed by atoms with van der Waals surface area (Å²) in [6.07, 6.45) is 26.4. The van der Waals surface area contributed by atoms with Crippen LogP contribution in [0.25, 0.3) is 0 Å². The maximum Gasteiger partial charge on any atom is 0.346 e. The number of unbranched alkanes of at least 4 members (excludes halogenated alkanes) is 11. The van der Waals surface area contributed by atoms with Crippen LogP contribution in [0.4, 0.5) is 8.78 Å². The van der Waals surface area contributed by atoms with E-state index in [4.69, 9.17) is 9.47 Å².